The molecule has 1 aromatic heterocycles. The summed E-state index contributed by atoms with van der Waals surface area (Å²) in [5.41, 5.74) is 2.75. The number of anilines is 1. The van der Waals surface area contributed by atoms with E-state index in [4.69, 9.17) is 0 Å². The van der Waals surface area contributed by atoms with Gasteiger partial charge in [0.25, 0.3) is 0 Å². The first-order valence-electron chi connectivity index (χ1n) is 5.44. The van der Waals surface area contributed by atoms with Crippen molar-refractivity contribution in [2.75, 3.05) is 11.9 Å². The van der Waals surface area contributed by atoms with Crippen molar-refractivity contribution in [3.05, 3.63) is 36.5 Å². The number of rotatable bonds is 3. The molecule has 0 saturated heterocycles. The molecular weight excluding hydrogens is 216 g/mol. The molecule has 5 nitrogen and oxygen atoms in total. The van der Waals surface area contributed by atoms with Gasteiger partial charge in [-0.05, 0) is 30.7 Å². The Morgan fingerprint density at radius 2 is 2.06 bits per heavy atom. The van der Waals surface area contributed by atoms with Gasteiger partial charge in [-0.2, -0.15) is 5.10 Å². The lowest BCUT2D eigenvalue weighted by molar-refractivity contribution is 0.252. The summed E-state index contributed by atoms with van der Waals surface area (Å²) in [6.45, 7) is 2.49. The van der Waals surface area contributed by atoms with Crippen molar-refractivity contribution in [3.8, 4) is 11.3 Å². The number of nitrogens with one attached hydrogen (secondary N) is 3. The molecular formula is C12H14N4O. The van der Waals surface area contributed by atoms with Gasteiger partial charge in [0.15, 0.2) is 0 Å². The van der Waals surface area contributed by atoms with E-state index in [9.17, 15) is 4.79 Å². The Kier molecular flexibility index (Phi) is 3.40. The van der Waals surface area contributed by atoms with Crippen LogP contribution in [0.4, 0.5) is 10.5 Å². The molecule has 1 aromatic carbocycles. The van der Waals surface area contributed by atoms with Gasteiger partial charge in [-0.15, -0.1) is 0 Å². The molecule has 0 fully saturated rings. The van der Waals surface area contributed by atoms with Crippen LogP contribution in [0.3, 0.4) is 0 Å². The van der Waals surface area contributed by atoms with Crippen LogP contribution in [0.25, 0.3) is 11.3 Å². The van der Waals surface area contributed by atoms with Crippen LogP contribution in [0.5, 0.6) is 0 Å². The monoisotopic (exact) mass is 230 g/mol. The summed E-state index contributed by atoms with van der Waals surface area (Å²) in [4.78, 5) is 11.3. The second-order valence-electron chi connectivity index (χ2n) is 3.53. The number of amides is 2. The summed E-state index contributed by atoms with van der Waals surface area (Å²) >= 11 is 0. The minimum Gasteiger partial charge on any atom is -0.338 e. The third-order valence-electron chi connectivity index (χ3n) is 2.29. The molecule has 17 heavy (non-hydrogen) atoms. The molecule has 0 radical (unpaired) electrons. The highest BCUT2D eigenvalue weighted by Crippen LogP contribution is 2.18. The molecule has 1 heterocycles. The second kappa shape index (κ2) is 5.16. The van der Waals surface area contributed by atoms with Crippen molar-refractivity contribution in [1.29, 1.82) is 0 Å². The first-order valence-corrected chi connectivity index (χ1v) is 5.44. The van der Waals surface area contributed by atoms with Crippen LogP contribution < -0.4 is 10.6 Å². The Morgan fingerprint density at radius 3 is 2.65 bits per heavy atom. The minimum atomic E-state index is -0.193. The standard InChI is InChI=1S/C12H14N4O/c1-2-13-12(17)15-10-5-3-9(4-6-10)11-7-8-14-16-11/h3-8H,2H2,1H3,(H,14,16)(H2,13,15,17). The van der Waals surface area contributed by atoms with E-state index in [1.165, 1.54) is 0 Å². The molecule has 0 spiro atoms. The lowest BCUT2D eigenvalue weighted by atomic mass is 10.1. The van der Waals surface area contributed by atoms with Gasteiger partial charge in [-0.25, -0.2) is 4.79 Å². The predicted molar refractivity (Wildman–Crippen MR) is 66.7 cm³/mol. The number of carbonyl (C=O) groups is 1. The molecule has 0 unspecified atom stereocenters. The van der Waals surface area contributed by atoms with Crippen LogP contribution in [0, 0.1) is 0 Å². The van der Waals surface area contributed by atoms with Crippen LogP contribution in [-0.2, 0) is 0 Å². The van der Waals surface area contributed by atoms with Crippen molar-refractivity contribution in [2.24, 2.45) is 0 Å². The van der Waals surface area contributed by atoms with Gasteiger partial charge < -0.3 is 10.6 Å². The highest BCUT2D eigenvalue weighted by molar-refractivity contribution is 5.89. The molecule has 0 aliphatic rings. The van der Waals surface area contributed by atoms with E-state index < -0.39 is 0 Å². The minimum absolute atomic E-state index is 0.193. The highest BCUT2D eigenvalue weighted by Gasteiger charge is 2.01. The zero-order valence-corrected chi connectivity index (χ0v) is 9.53. The van der Waals surface area contributed by atoms with Crippen LogP contribution >= 0.6 is 0 Å². The number of urea groups is 1. The molecule has 0 aliphatic heterocycles. The topological polar surface area (TPSA) is 69.8 Å². The summed E-state index contributed by atoms with van der Waals surface area (Å²) < 4.78 is 0. The van der Waals surface area contributed by atoms with Crippen LogP contribution in [0.15, 0.2) is 36.5 Å². The molecule has 88 valence electrons. The maximum atomic E-state index is 11.3. The second-order valence-corrected chi connectivity index (χ2v) is 3.53. The maximum Gasteiger partial charge on any atom is 0.319 e. The number of hydrogen-bond acceptors (Lipinski definition) is 2. The summed E-state index contributed by atoms with van der Waals surface area (Å²) in [5, 5.41) is 12.2. The van der Waals surface area contributed by atoms with Crippen molar-refractivity contribution < 1.29 is 4.79 Å². The van der Waals surface area contributed by atoms with Gasteiger partial charge >= 0.3 is 6.03 Å². The molecule has 3 N–H and O–H groups in total. The smallest absolute Gasteiger partial charge is 0.319 e. The third-order valence-corrected chi connectivity index (χ3v) is 2.29. The zero-order chi connectivity index (χ0) is 12.1. The number of benzene rings is 1. The number of aromatic amines is 1. The Bertz CT molecular complexity index is 476. The van der Waals surface area contributed by atoms with Crippen molar-refractivity contribution in [2.45, 2.75) is 6.92 Å². The Morgan fingerprint density at radius 1 is 1.29 bits per heavy atom. The summed E-state index contributed by atoms with van der Waals surface area (Å²) in [5.74, 6) is 0. The molecule has 0 bridgehead atoms. The van der Waals surface area contributed by atoms with E-state index in [0.717, 1.165) is 16.9 Å². The molecule has 2 rings (SSSR count). The predicted octanol–water partition coefficient (Wildman–Crippen LogP) is 2.22. The van der Waals surface area contributed by atoms with E-state index >= 15 is 0 Å². The number of H-pyrrole nitrogens is 1. The van der Waals surface area contributed by atoms with Gasteiger partial charge in [-0.3, -0.25) is 5.10 Å². The van der Waals surface area contributed by atoms with E-state index in [-0.39, 0.29) is 6.03 Å². The normalized spacial score (nSPS) is 9.94. The van der Waals surface area contributed by atoms with Crippen LogP contribution in [0.1, 0.15) is 6.92 Å². The van der Waals surface area contributed by atoms with Gasteiger partial charge in [0.1, 0.15) is 0 Å². The Balaban J connectivity index is 2.06. The Hall–Kier alpha value is -2.30. The average Bonchev–Trinajstić information content (AvgIpc) is 2.84. The lowest BCUT2D eigenvalue weighted by Gasteiger charge is -2.06. The van der Waals surface area contributed by atoms with Gasteiger partial charge in [-0.1, -0.05) is 12.1 Å². The summed E-state index contributed by atoms with van der Waals surface area (Å²) in [6, 6.07) is 9.26. The number of hydrogen-bond donors (Lipinski definition) is 3. The molecule has 2 amide bonds. The van der Waals surface area contributed by atoms with Gasteiger partial charge in [0.2, 0.25) is 0 Å². The number of nitrogens with zero attached hydrogens (tertiary/aromatic N) is 1. The fourth-order valence-electron chi connectivity index (χ4n) is 1.49. The number of carbonyl (C=O) groups excluding carboxylic acids is 1. The summed E-state index contributed by atoms with van der Waals surface area (Å²) in [7, 11) is 0. The number of aromatic nitrogens is 2. The van der Waals surface area contributed by atoms with E-state index in [1.807, 2.05) is 37.3 Å². The van der Waals surface area contributed by atoms with Gasteiger partial charge in [0.05, 0.1) is 5.69 Å². The molecule has 0 aliphatic carbocycles. The van der Waals surface area contributed by atoms with Crippen molar-refractivity contribution in [3.63, 3.8) is 0 Å². The fraction of sp³-hybridized carbons (Fsp3) is 0.167. The lowest BCUT2D eigenvalue weighted by Crippen LogP contribution is -2.28. The molecule has 0 atom stereocenters. The first kappa shape index (κ1) is 11.2. The third kappa shape index (κ3) is 2.84. The van der Waals surface area contributed by atoms with Crippen molar-refractivity contribution in [1.82, 2.24) is 15.5 Å². The summed E-state index contributed by atoms with van der Waals surface area (Å²) in [6.07, 6.45) is 1.70. The SMILES string of the molecule is CCNC(=O)Nc1ccc(-c2ccn[nH]2)cc1. The first-order chi connectivity index (χ1) is 8.29. The van der Waals surface area contributed by atoms with Gasteiger partial charge in [0, 0.05) is 18.4 Å². The Labute approximate surface area is 99.2 Å². The van der Waals surface area contributed by atoms with E-state index in [2.05, 4.69) is 20.8 Å². The quantitative estimate of drug-likeness (QED) is 0.756. The average molecular weight is 230 g/mol. The molecule has 0 saturated carbocycles. The van der Waals surface area contributed by atoms with E-state index in [1.54, 1.807) is 6.20 Å². The zero-order valence-electron chi connectivity index (χ0n) is 9.53. The van der Waals surface area contributed by atoms with Crippen molar-refractivity contribution >= 4 is 11.7 Å². The van der Waals surface area contributed by atoms with Crippen LogP contribution in [0.2, 0.25) is 0 Å². The fourth-order valence-corrected chi connectivity index (χ4v) is 1.49. The van der Waals surface area contributed by atoms with E-state index in [0.29, 0.717) is 6.54 Å². The largest absolute Gasteiger partial charge is 0.338 e. The maximum absolute atomic E-state index is 11.3. The molecule has 5 heteroatoms. The molecule has 2 aromatic rings. The van der Waals surface area contributed by atoms with Crippen LogP contribution in [-0.4, -0.2) is 22.8 Å². The highest BCUT2D eigenvalue weighted by atomic mass is 16.2.